The number of para-hydroxylation sites is 1. The van der Waals surface area contributed by atoms with Gasteiger partial charge in [0.05, 0.1) is 21.3 Å². The second kappa shape index (κ2) is 9.61. The Morgan fingerprint density at radius 2 is 1.74 bits per heavy atom. The third-order valence-electron chi connectivity index (χ3n) is 6.22. The summed E-state index contributed by atoms with van der Waals surface area (Å²) in [4.78, 5) is 15.5. The van der Waals surface area contributed by atoms with E-state index in [1.54, 1.807) is 4.68 Å². The number of piperidine rings is 1. The summed E-state index contributed by atoms with van der Waals surface area (Å²) in [6.07, 6.45) is 2.11. The Kier molecular flexibility index (Phi) is 6.87. The molecule has 0 spiro atoms. The van der Waals surface area contributed by atoms with Gasteiger partial charge in [-0.3, -0.25) is 14.4 Å². The van der Waals surface area contributed by atoms with E-state index in [1.807, 2.05) is 67.2 Å². The van der Waals surface area contributed by atoms with Crippen molar-refractivity contribution in [2.45, 2.75) is 38.9 Å². The van der Waals surface area contributed by atoms with Crippen LogP contribution in [0.15, 0.2) is 53.3 Å². The molecule has 164 valence electrons. The summed E-state index contributed by atoms with van der Waals surface area (Å²) < 4.78 is 3.68. The first-order chi connectivity index (χ1) is 14.9. The van der Waals surface area contributed by atoms with E-state index >= 15 is 0 Å². The summed E-state index contributed by atoms with van der Waals surface area (Å²) in [5.74, 6) is 0. The van der Waals surface area contributed by atoms with Crippen molar-refractivity contribution in [1.82, 2.24) is 19.6 Å². The molecule has 0 saturated carbocycles. The number of benzene rings is 2. The first-order valence-electron chi connectivity index (χ1n) is 10.7. The van der Waals surface area contributed by atoms with Crippen molar-refractivity contribution in [1.29, 1.82) is 0 Å². The second-order valence-corrected chi connectivity index (χ2v) is 9.03. The van der Waals surface area contributed by atoms with E-state index in [2.05, 4.69) is 10.2 Å². The molecule has 2 aromatic carbocycles. The highest BCUT2D eigenvalue weighted by Crippen LogP contribution is 2.24. The SMILES string of the molecule is Cc1c(CNC2CCN(Cc3ccc(Cl)c(Cl)c3)CC2)c(=O)n(-c2ccccc2)n1C. The molecule has 0 aliphatic carbocycles. The number of rotatable bonds is 6. The minimum atomic E-state index is 0.0516. The molecule has 7 heteroatoms. The lowest BCUT2D eigenvalue weighted by atomic mass is 10.0. The number of nitrogens with one attached hydrogen (secondary N) is 1. The third-order valence-corrected chi connectivity index (χ3v) is 6.96. The van der Waals surface area contributed by atoms with Gasteiger partial charge < -0.3 is 5.32 Å². The van der Waals surface area contributed by atoms with Gasteiger partial charge in [0.15, 0.2) is 0 Å². The van der Waals surface area contributed by atoms with Crippen molar-refractivity contribution >= 4 is 23.2 Å². The molecule has 1 fully saturated rings. The standard InChI is InChI=1S/C24H28Cl2N4O/c1-17-21(24(31)30(28(17)2)20-6-4-3-5-7-20)15-27-19-10-12-29(13-11-19)16-18-8-9-22(25)23(26)14-18/h3-9,14,19,27H,10-13,15-16H2,1-2H3. The zero-order valence-corrected chi connectivity index (χ0v) is 19.5. The molecule has 1 aliphatic heterocycles. The van der Waals surface area contributed by atoms with Crippen molar-refractivity contribution in [3.8, 4) is 5.69 Å². The Labute approximate surface area is 193 Å². The van der Waals surface area contributed by atoms with Crippen LogP contribution in [0.5, 0.6) is 0 Å². The van der Waals surface area contributed by atoms with E-state index in [9.17, 15) is 4.79 Å². The molecule has 4 rings (SSSR count). The van der Waals surface area contributed by atoms with Gasteiger partial charge in [-0.25, -0.2) is 4.68 Å². The van der Waals surface area contributed by atoms with Gasteiger partial charge in [0.25, 0.3) is 5.56 Å². The van der Waals surface area contributed by atoms with Crippen LogP contribution in [0.4, 0.5) is 0 Å². The maximum Gasteiger partial charge on any atom is 0.276 e. The monoisotopic (exact) mass is 458 g/mol. The number of hydrogen-bond donors (Lipinski definition) is 1. The Morgan fingerprint density at radius 1 is 1.03 bits per heavy atom. The van der Waals surface area contributed by atoms with Crippen LogP contribution in [-0.2, 0) is 20.1 Å². The molecule has 1 aliphatic rings. The maximum atomic E-state index is 13.1. The molecule has 1 aromatic heterocycles. The lowest BCUT2D eigenvalue weighted by molar-refractivity contribution is 0.190. The fraction of sp³-hybridized carbons (Fsp3) is 0.375. The third kappa shape index (κ3) is 4.90. The smallest absolute Gasteiger partial charge is 0.276 e. The highest BCUT2D eigenvalue weighted by atomic mass is 35.5. The molecule has 0 amide bonds. The normalized spacial score (nSPS) is 15.5. The van der Waals surface area contributed by atoms with Gasteiger partial charge in [0.2, 0.25) is 0 Å². The quantitative estimate of drug-likeness (QED) is 0.589. The molecular formula is C24H28Cl2N4O. The largest absolute Gasteiger partial charge is 0.310 e. The number of aromatic nitrogens is 2. The van der Waals surface area contributed by atoms with Gasteiger partial charge in [-0.15, -0.1) is 0 Å². The Bertz CT molecular complexity index is 1100. The zero-order chi connectivity index (χ0) is 22.0. The van der Waals surface area contributed by atoms with Crippen molar-refractivity contribution in [2.75, 3.05) is 13.1 Å². The lowest BCUT2D eigenvalue weighted by Gasteiger charge is -2.32. The van der Waals surface area contributed by atoms with Crippen LogP contribution in [-0.4, -0.2) is 33.4 Å². The maximum absolute atomic E-state index is 13.1. The predicted octanol–water partition coefficient (Wildman–Crippen LogP) is 4.55. The van der Waals surface area contributed by atoms with Gasteiger partial charge in [-0.05, 0) is 62.7 Å². The van der Waals surface area contributed by atoms with Crippen molar-refractivity contribution in [3.05, 3.63) is 85.8 Å². The van der Waals surface area contributed by atoms with E-state index in [1.165, 1.54) is 5.56 Å². The van der Waals surface area contributed by atoms with Crippen molar-refractivity contribution in [3.63, 3.8) is 0 Å². The topological polar surface area (TPSA) is 42.2 Å². The summed E-state index contributed by atoms with van der Waals surface area (Å²) >= 11 is 12.2. The van der Waals surface area contributed by atoms with E-state index in [0.29, 0.717) is 22.6 Å². The highest BCUT2D eigenvalue weighted by molar-refractivity contribution is 6.42. The van der Waals surface area contributed by atoms with Gasteiger partial charge in [-0.1, -0.05) is 47.5 Å². The molecule has 31 heavy (non-hydrogen) atoms. The first-order valence-corrected chi connectivity index (χ1v) is 11.4. The minimum absolute atomic E-state index is 0.0516. The molecular weight excluding hydrogens is 431 g/mol. The summed E-state index contributed by atoms with van der Waals surface area (Å²) in [5, 5.41) is 4.82. The fourth-order valence-electron chi connectivity index (χ4n) is 4.27. The van der Waals surface area contributed by atoms with Crippen LogP contribution in [0.25, 0.3) is 5.69 Å². The summed E-state index contributed by atoms with van der Waals surface area (Å²) in [5.41, 5.74) is 3.96. The Morgan fingerprint density at radius 3 is 2.42 bits per heavy atom. The van der Waals surface area contributed by atoms with E-state index in [4.69, 9.17) is 23.2 Å². The fourth-order valence-corrected chi connectivity index (χ4v) is 4.59. The molecule has 0 bridgehead atoms. The molecule has 0 atom stereocenters. The molecule has 1 N–H and O–H groups in total. The number of nitrogens with zero attached hydrogens (tertiary/aromatic N) is 3. The average molecular weight is 459 g/mol. The highest BCUT2D eigenvalue weighted by Gasteiger charge is 2.21. The van der Waals surface area contributed by atoms with Crippen molar-refractivity contribution < 1.29 is 0 Å². The van der Waals surface area contributed by atoms with E-state index < -0.39 is 0 Å². The summed E-state index contributed by atoms with van der Waals surface area (Å²) in [6.45, 7) is 5.51. The van der Waals surface area contributed by atoms with Crippen LogP contribution in [0.2, 0.25) is 10.0 Å². The second-order valence-electron chi connectivity index (χ2n) is 8.22. The molecule has 5 nitrogen and oxygen atoms in total. The predicted molar refractivity (Wildman–Crippen MR) is 127 cm³/mol. The number of likely N-dealkylation sites (tertiary alicyclic amines) is 1. The molecule has 0 radical (unpaired) electrons. The molecule has 3 aromatic rings. The number of hydrogen-bond acceptors (Lipinski definition) is 3. The Balaban J connectivity index is 1.35. The Hall–Kier alpha value is -2.05. The van der Waals surface area contributed by atoms with Crippen molar-refractivity contribution in [2.24, 2.45) is 7.05 Å². The van der Waals surface area contributed by atoms with Crippen LogP contribution < -0.4 is 10.9 Å². The zero-order valence-electron chi connectivity index (χ0n) is 17.9. The summed E-state index contributed by atoms with van der Waals surface area (Å²) in [6, 6.07) is 16.0. The van der Waals surface area contributed by atoms with Gasteiger partial charge >= 0.3 is 0 Å². The van der Waals surface area contributed by atoms with Crippen LogP contribution in [0, 0.1) is 6.92 Å². The number of halogens is 2. The van der Waals surface area contributed by atoms with Gasteiger partial charge in [-0.2, -0.15) is 0 Å². The van der Waals surface area contributed by atoms with Crippen LogP contribution >= 0.6 is 23.2 Å². The van der Waals surface area contributed by atoms with Gasteiger partial charge in [0.1, 0.15) is 0 Å². The van der Waals surface area contributed by atoms with Crippen LogP contribution in [0.1, 0.15) is 29.7 Å². The lowest BCUT2D eigenvalue weighted by Crippen LogP contribution is -2.42. The van der Waals surface area contributed by atoms with Crippen LogP contribution in [0.3, 0.4) is 0 Å². The van der Waals surface area contributed by atoms with E-state index in [-0.39, 0.29) is 5.56 Å². The molecule has 0 unspecified atom stereocenters. The minimum Gasteiger partial charge on any atom is -0.310 e. The van der Waals surface area contributed by atoms with E-state index in [0.717, 1.165) is 49.4 Å². The molecule has 1 saturated heterocycles. The average Bonchev–Trinajstić information content (AvgIpc) is 2.99. The summed E-state index contributed by atoms with van der Waals surface area (Å²) in [7, 11) is 1.94. The molecule has 2 heterocycles. The first kappa shape index (κ1) is 22.2. The van der Waals surface area contributed by atoms with Gasteiger partial charge in [0, 0.05) is 31.9 Å².